The van der Waals surface area contributed by atoms with E-state index in [1.54, 1.807) is 17.9 Å². The summed E-state index contributed by atoms with van der Waals surface area (Å²) in [5.74, 6) is 0.986. The third-order valence-electron chi connectivity index (χ3n) is 5.67. The minimum absolute atomic E-state index is 0.0270. The highest BCUT2D eigenvalue weighted by Crippen LogP contribution is 2.37. The molecule has 162 valence electrons. The maximum absolute atomic E-state index is 13.5. The van der Waals surface area contributed by atoms with Crippen molar-refractivity contribution >= 4 is 33.7 Å². The quantitative estimate of drug-likeness (QED) is 0.450. The Morgan fingerprint density at radius 2 is 1.80 bits per heavy atom. The van der Waals surface area contributed by atoms with Crippen molar-refractivity contribution in [2.45, 2.75) is 59.4 Å². The molecule has 1 aliphatic rings. The molecule has 0 bridgehead atoms. The van der Waals surface area contributed by atoms with E-state index < -0.39 is 5.97 Å². The van der Waals surface area contributed by atoms with Crippen molar-refractivity contribution in [3.63, 3.8) is 0 Å². The molecular weight excluding hydrogens is 446 g/mol. The summed E-state index contributed by atoms with van der Waals surface area (Å²) in [6.07, 6.45) is 3.85. The number of hydrogen-bond donors (Lipinski definition) is 0. The molecule has 0 saturated heterocycles. The first-order valence-electron chi connectivity index (χ1n) is 10.7. The van der Waals surface area contributed by atoms with Crippen molar-refractivity contribution in [3.05, 3.63) is 40.4 Å². The van der Waals surface area contributed by atoms with Crippen LogP contribution in [-0.4, -0.2) is 24.5 Å². The van der Waals surface area contributed by atoms with Gasteiger partial charge in [0.05, 0.1) is 6.61 Å². The number of nitrogens with zero attached hydrogens (tertiary/aromatic N) is 1. The maximum atomic E-state index is 13.5. The van der Waals surface area contributed by atoms with Crippen LogP contribution < -0.4 is 4.90 Å². The second-order valence-electron chi connectivity index (χ2n) is 8.32. The highest BCUT2D eigenvalue weighted by atomic mass is 79.9. The van der Waals surface area contributed by atoms with E-state index in [4.69, 9.17) is 9.15 Å². The molecule has 0 aliphatic heterocycles. The van der Waals surface area contributed by atoms with Gasteiger partial charge in [0.2, 0.25) is 11.8 Å². The van der Waals surface area contributed by atoms with Crippen molar-refractivity contribution in [3.8, 4) is 11.3 Å². The van der Waals surface area contributed by atoms with Gasteiger partial charge in [0.15, 0.2) is 0 Å². The van der Waals surface area contributed by atoms with E-state index in [2.05, 4.69) is 22.9 Å². The smallest absolute Gasteiger partial charge is 0.343 e. The first-order valence-corrected chi connectivity index (χ1v) is 11.5. The minimum Gasteiger partial charge on any atom is -0.462 e. The molecule has 0 radical (unpaired) electrons. The first-order chi connectivity index (χ1) is 14.3. The van der Waals surface area contributed by atoms with E-state index in [1.165, 1.54) is 0 Å². The van der Waals surface area contributed by atoms with Crippen LogP contribution in [0.25, 0.3) is 11.3 Å². The number of rotatable bonds is 6. The molecule has 1 aliphatic carbocycles. The van der Waals surface area contributed by atoms with Crippen LogP contribution in [0.3, 0.4) is 0 Å². The first kappa shape index (κ1) is 22.6. The van der Waals surface area contributed by atoms with Gasteiger partial charge in [-0.3, -0.25) is 9.69 Å². The van der Waals surface area contributed by atoms with Gasteiger partial charge in [-0.05, 0) is 64.5 Å². The third-order valence-corrected chi connectivity index (χ3v) is 6.20. The lowest BCUT2D eigenvalue weighted by Crippen LogP contribution is -2.42. The van der Waals surface area contributed by atoms with Gasteiger partial charge in [-0.15, -0.1) is 0 Å². The average Bonchev–Trinajstić information content (AvgIpc) is 3.14. The number of anilines is 1. The van der Waals surface area contributed by atoms with Crippen LogP contribution >= 0.6 is 15.9 Å². The molecule has 1 fully saturated rings. The van der Waals surface area contributed by atoms with Crippen molar-refractivity contribution < 1.29 is 18.7 Å². The maximum Gasteiger partial charge on any atom is 0.343 e. The fourth-order valence-corrected chi connectivity index (χ4v) is 4.23. The lowest BCUT2D eigenvalue weighted by atomic mass is 9.82. The van der Waals surface area contributed by atoms with E-state index >= 15 is 0 Å². The summed E-state index contributed by atoms with van der Waals surface area (Å²) >= 11 is 3.43. The SMILES string of the molecule is CCOC(=O)c1cc(-c2ccc(Br)cc2)oc1N(C(=O)C1CCC(C)CC1)C(C)C. The summed E-state index contributed by atoms with van der Waals surface area (Å²) in [6.45, 7) is 8.14. The summed E-state index contributed by atoms with van der Waals surface area (Å²) in [5, 5.41) is 0. The Morgan fingerprint density at radius 3 is 2.37 bits per heavy atom. The lowest BCUT2D eigenvalue weighted by molar-refractivity contribution is -0.124. The predicted octanol–water partition coefficient (Wildman–Crippen LogP) is 6.45. The zero-order valence-corrected chi connectivity index (χ0v) is 19.7. The largest absolute Gasteiger partial charge is 0.462 e. The molecule has 0 N–H and O–H groups in total. The number of hydrogen-bond acceptors (Lipinski definition) is 4. The lowest BCUT2D eigenvalue weighted by Gasteiger charge is -2.32. The Bertz CT molecular complexity index is 879. The Hall–Kier alpha value is -2.08. The summed E-state index contributed by atoms with van der Waals surface area (Å²) in [7, 11) is 0. The molecule has 1 heterocycles. The predicted molar refractivity (Wildman–Crippen MR) is 122 cm³/mol. The van der Waals surface area contributed by atoms with E-state index in [0.717, 1.165) is 35.7 Å². The number of benzene rings is 1. The van der Waals surface area contributed by atoms with E-state index in [0.29, 0.717) is 17.2 Å². The molecule has 1 aromatic heterocycles. The fourth-order valence-electron chi connectivity index (χ4n) is 3.96. The van der Waals surface area contributed by atoms with Gasteiger partial charge >= 0.3 is 5.97 Å². The van der Waals surface area contributed by atoms with Crippen LogP contribution in [0.15, 0.2) is 39.2 Å². The van der Waals surface area contributed by atoms with Gasteiger partial charge in [0, 0.05) is 28.1 Å². The molecular formula is C24H30BrNO4. The molecule has 1 aromatic carbocycles. The summed E-state index contributed by atoms with van der Waals surface area (Å²) in [4.78, 5) is 27.8. The Balaban J connectivity index is 2.01. The molecule has 2 aromatic rings. The fraction of sp³-hybridized carbons (Fsp3) is 0.500. The number of amides is 1. The molecule has 5 nitrogen and oxygen atoms in total. The van der Waals surface area contributed by atoms with Crippen molar-refractivity contribution in [1.29, 1.82) is 0 Å². The second kappa shape index (κ2) is 9.82. The Kier molecular flexibility index (Phi) is 7.40. The molecule has 0 unspecified atom stereocenters. The van der Waals surface area contributed by atoms with Crippen LogP contribution in [0.4, 0.5) is 5.88 Å². The van der Waals surface area contributed by atoms with Crippen molar-refractivity contribution in [2.24, 2.45) is 11.8 Å². The van der Waals surface area contributed by atoms with E-state index in [1.807, 2.05) is 38.1 Å². The van der Waals surface area contributed by atoms with E-state index in [9.17, 15) is 9.59 Å². The number of carbonyl (C=O) groups is 2. The van der Waals surface area contributed by atoms with Gasteiger partial charge in [-0.25, -0.2) is 4.79 Å². The molecule has 0 spiro atoms. The highest BCUT2D eigenvalue weighted by Gasteiger charge is 2.35. The van der Waals surface area contributed by atoms with Crippen molar-refractivity contribution in [2.75, 3.05) is 11.5 Å². The van der Waals surface area contributed by atoms with Gasteiger partial charge < -0.3 is 9.15 Å². The number of halogens is 1. The van der Waals surface area contributed by atoms with Gasteiger partial charge in [-0.2, -0.15) is 0 Å². The minimum atomic E-state index is -0.477. The summed E-state index contributed by atoms with van der Waals surface area (Å²) in [5.41, 5.74) is 1.12. The number of ether oxygens (including phenoxy) is 1. The van der Waals surface area contributed by atoms with Crippen LogP contribution in [0.2, 0.25) is 0 Å². The number of esters is 1. The Labute approximate surface area is 186 Å². The van der Waals surface area contributed by atoms with Crippen LogP contribution in [0.5, 0.6) is 0 Å². The Morgan fingerprint density at radius 1 is 1.17 bits per heavy atom. The van der Waals surface area contributed by atoms with Crippen LogP contribution in [-0.2, 0) is 9.53 Å². The summed E-state index contributed by atoms with van der Waals surface area (Å²) in [6, 6.07) is 9.18. The molecule has 30 heavy (non-hydrogen) atoms. The average molecular weight is 476 g/mol. The van der Waals surface area contributed by atoms with Gasteiger partial charge in [0.1, 0.15) is 11.3 Å². The van der Waals surface area contributed by atoms with Crippen LogP contribution in [0, 0.1) is 11.8 Å². The molecule has 3 rings (SSSR count). The zero-order valence-electron chi connectivity index (χ0n) is 18.1. The highest BCUT2D eigenvalue weighted by molar-refractivity contribution is 9.10. The molecule has 6 heteroatoms. The third kappa shape index (κ3) is 4.97. The topological polar surface area (TPSA) is 59.8 Å². The van der Waals surface area contributed by atoms with Crippen molar-refractivity contribution in [1.82, 2.24) is 0 Å². The monoisotopic (exact) mass is 475 g/mol. The van der Waals surface area contributed by atoms with Gasteiger partial charge in [-0.1, -0.05) is 35.0 Å². The zero-order chi connectivity index (χ0) is 21.8. The molecule has 1 amide bonds. The van der Waals surface area contributed by atoms with Crippen LogP contribution in [0.1, 0.15) is 63.7 Å². The normalized spacial score (nSPS) is 19.0. The van der Waals surface area contributed by atoms with Gasteiger partial charge in [0.25, 0.3) is 0 Å². The standard InChI is InChI=1S/C24H30BrNO4/c1-5-29-24(28)20-14-21(17-10-12-19(25)13-11-17)30-23(20)26(15(2)3)22(27)18-8-6-16(4)7-9-18/h10-16,18H,5-9H2,1-4H3. The number of furan rings is 1. The summed E-state index contributed by atoms with van der Waals surface area (Å²) < 4.78 is 12.4. The van der Waals surface area contributed by atoms with E-state index in [-0.39, 0.29) is 30.4 Å². The molecule has 1 saturated carbocycles. The number of carbonyl (C=O) groups excluding carboxylic acids is 2. The molecule has 0 atom stereocenters. The second-order valence-corrected chi connectivity index (χ2v) is 9.23.